The van der Waals surface area contributed by atoms with E-state index < -0.39 is 17.8 Å². The number of fused-ring (bicyclic) bond motifs is 1. The molecule has 29 heavy (non-hydrogen) atoms. The number of hydrogen-bond acceptors (Lipinski definition) is 5. The number of amides is 1. The second-order valence-electron chi connectivity index (χ2n) is 6.66. The van der Waals surface area contributed by atoms with Crippen LogP contribution in [0.4, 0.5) is 13.2 Å². The molecule has 0 saturated carbocycles. The van der Waals surface area contributed by atoms with Gasteiger partial charge in [0.25, 0.3) is 5.91 Å². The number of nitrogens with one attached hydrogen (secondary N) is 2. The first-order chi connectivity index (χ1) is 13.9. The van der Waals surface area contributed by atoms with Crippen LogP contribution in [0, 0.1) is 0 Å². The van der Waals surface area contributed by atoms with Crippen molar-refractivity contribution in [1.29, 1.82) is 0 Å². The molecule has 0 aliphatic carbocycles. The smallest absolute Gasteiger partial charge is 0.433 e. The van der Waals surface area contributed by atoms with Crippen LogP contribution in [0.2, 0.25) is 0 Å². The predicted octanol–water partition coefficient (Wildman–Crippen LogP) is 0.653. The third-order valence-corrected chi connectivity index (χ3v) is 4.74. The Labute approximate surface area is 163 Å². The molecular weight excluding hydrogens is 391 g/mol. The maximum Gasteiger partial charge on any atom is 0.433 e. The molecule has 0 aromatic carbocycles. The highest BCUT2D eigenvalue weighted by molar-refractivity contribution is 5.99. The summed E-state index contributed by atoms with van der Waals surface area (Å²) in [5, 5.41) is 6.49. The highest BCUT2D eigenvalue weighted by Crippen LogP contribution is 2.32. The van der Waals surface area contributed by atoms with Crippen LogP contribution in [-0.4, -0.2) is 59.9 Å². The van der Waals surface area contributed by atoms with E-state index in [0.29, 0.717) is 30.8 Å². The van der Waals surface area contributed by atoms with Crippen molar-refractivity contribution in [2.45, 2.75) is 6.18 Å². The standard InChI is InChI=1S/C18H18F3N5O3/c19-18(20,21)15-10-13(14-2-1-7-29-14)24-16-12(11-23-26(15)16)17(27)22-3-4-25-5-8-28-9-6-25/h1-2,7,10-11H,3-6,8-9H2,(H,22,27)/p+1. The van der Waals surface area contributed by atoms with Crippen LogP contribution in [0.25, 0.3) is 17.1 Å². The fourth-order valence-corrected chi connectivity index (χ4v) is 3.23. The van der Waals surface area contributed by atoms with Crippen LogP contribution < -0.4 is 10.2 Å². The van der Waals surface area contributed by atoms with Crippen molar-refractivity contribution in [1.82, 2.24) is 19.9 Å². The third-order valence-electron chi connectivity index (χ3n) is 4.74. The van der Waals surface area contributed by atoms with Gasteiger partial charge in [-0.3, -0.25) is 4.79 Å². The minimum absolute atomic E-state index is 0.0258. The van der Waals surface area contributed by atoms with E-state index in [9.17, 15) is 18.0 Å². The lowest BCUT2D eigenvalue weighted by atomic mass is 10.2. The Morgan fingerprint density at radius 1 is 1.31 bits per heavy atom. The maximum atomic E-state index is 13.5. The average molecular weight is 410 g/mol. The van der Waals surface area contributed by atoms with Gasteiger partial charge in [-0.25, -0.2) is 9.50 Å². The first kappa shape index (κ1) is 19.4. The van der Waals surface area contributed by atoms with Gasteiger partial charge in [0.15, 0.2) is 17.1 Å². The predicted molar refractivity (Wildman–Crippen MR) is 94.4 cm³/mol. The molecular formula is C18H19F3N5O3+. The molecule has 2 N–H and O–H groups in total. The molecule has 4 heterocycles. The Morgan fingerprint density at radius 2 is 2.10 bits per heavy atom. The molecule has 1 saturated heterocycles. The zero-order valence-electron chi connectivity index (χ0n) is 15.3. The number of halogens is 3. The SMILES string of the molecule is O=C(NCC[NH+]1CCOCC1)c1cnn2c(C(F)(F)F)cc(-c3ccco3)nc12. The van der Waals surface area contributed by atoms with Gasteiger partial charge in [-0.1, -0.05) is 0 Å². The second kappa shape index (κ2) is 7.84. The number of furan rings is 1. The van der Waals surface area contributed by atoms with Gasteiger partial charge in [-0.05, 0) is 18.2 Å². The van der Waals surface area contributed by atoms with Crippen LogP contribution in [-0.2, 0) is 10.9 Å². The summed E-state index contributed by atoms with van der Waals surface area (Å²) in [4.78, 5) is 18.1. The molecule has 3 aromatic heterocycles. The van der Waals surface area contributed by atoms with Gasteiger partial charge in [0.2, 0.25) is 0 Å². The minimum Gasteiger partial charge on any atom is -0.463 e. The highest BCUT2D eigenvalue weighted by Gasteiger charge is 2.36. The molecule has 154 valence electrons. The van der Waals surface area contributed by atoms with Gasteiger partial charge in [0, 0.05) is 0 Å². The number of quaternary nitrogens is 1. The summed E-state index contributed by atoms with van der Waals surface area (Å²) in [5.41, 5.74) is -1.27. The van der Waals surface area contributed by atoms with Gasteiger partial charge in [0.05, 0.1) is 38.8 Å². The molecule has 1 fully saturated rings. The zero-order chi connectivity index (χ0) is 20.4. The van der Waals surface area contributed by atoms with Crippen molar-refractivity contribution in [3.8, 4) is 11.5 Å². The van der Waals surface area contributed by atoms with Gasteiger partial charge < -0.3 is 19.4 Å². The summed E-state index contributed by atoms with van der Waals surface area (Å²) in [6, 6.07) is 3.90. The molecule has 0 unspecified atom stereocenters. The summed E-state index contributed by atoms with van der Waals surface area (Å²) >= 11 is 0. The van der Waals surface area contributed by atoms with Gasteiger partial charge in [0.1, 0.15) is 24.3 Å². The van der Waals surface area contributed by atoms with E-state index in [1.807, 2.05) is 0 Å². The first-order valence-electron chi connectivity index (χ1n) is 9.13. The van der Waals surface area contributed by atoms with Crippen molar-refractivity contribution in [3.63, 3.8) is 0 Å². The Morgan fingerprint density at radius 3 is 2.79 bits per heavy atom. The summed E-state index contributed by atoms with van der Waals surface area (Å²) in [6.07, 6.45) is -2.24. The Hall–Kier alpha value is -2.92. The van der Waals surface area contributed by atoms with E-state index in [-0.39, 0.29) is 22.7 Å². The summed E-state index contributed by atoms with van der Waals surface area (Å²) in [6.45, 7) is 4.15. The topological polar surface area (TPSA) is 86.1 Å². The molecule has 1 aliphatic rings. The van der Waals surface area contributed by atoms with E-state index in [4.69, 9.17) is 9.15 Å². The fraction of sp³-hybridized carbons (Fsp3) is 0.389. The van der Waals surface area contributed by atoms with Crippen LogP contribution in [0.3, 0.4) is 0 Å². The van der Waals surface area contributed by atoms with Crippen molar-refractivity contribution in [2.24, 2.45) is 0 Å². The summed E-state index contributed by atoms with van der Waals surface area (Å²) in [7, 11) is 0. The third kappa shape index (κ3) is 4.10. The molecule has 0 spiro atoms. The van der Waals surface area contributed by atoms with E-state index in [1.165, 1.54) is 17.2 Å². The molecule has 4 rings (SSSR count). The number of carbonyl (C=O) groups is 1. The first-order valence-corrected chi connectivity index (χ1v) is 9.13. The lowest BCUT2D eigenvalue weighted by Crippen LogP contribution is -3.14. The largest absolute Gasteiger partial charge is 0.463 e. The van der Waals surface area contributed by atoms with Crippen molar-refractivity contribution in [2.75, 3.05) is 39.4 Å². The average Bonchev–Trinajstić information content (AvgIpc) is 3.37. The monoisotopic (exact) mass is 410 g/mol. The van der Waals surface area contributed by atoms with E-state index in [1.54, 1.807) is 6.07 Å². The second-order valence-corrected chi connectivity index (χ2v) is 6.66. The van der Waals surface area contributed by atoms with Crippen LogP contribution in [0.1, 0.15) is 16.1 Å². The van der Waals surface area contributed by atoms with Crippen LogP contribution in [0.15, 0.2) is 35.1 Å². The Kier molecular flexibility index (Phi) is 5.24. The normalized spacial score (nSPS) is 15.7. The number of hydrogen-bond donors (Lipinski definition) is 2. The molecule has 8 nitrogen and oxygen atoms in total. The van der Waals surface area contributed by atoms with Gasteiger partial charge in [-0.2, -0.15) is 18.3 Å². The summed E-state index contributed by atoms with van der Waals surface area (Å²) in [5.74, 6) is -0.355. The van der Waals surface area contributed by atoms with Gasteiger partial charge in [-0.15, -0.1) is 0 Å². The van der Waals surface area contributed by atoms with Crippen molar-refractivity contribution < 1.29 is 32.0 Å². The number of alkyl halides is 3. The number of aromatic nitrogens is 3. The van der Waals surface area contributed by atoms with E-state index in [2.05, 4.69) is 15.4 Å². The number of nitrogens with zero attached hydrogens (tertiary/aromatic N) is 3. The minimum atomic E-state index is -4.68. The number of ether oxygens (including phenoxy) is 1. The van der Waals surface area contributed by atoms with Crippen molar-refractivity contribution in [3.05, 3.63) is 41.9 Å². The lowest BCUT2D eigenvalue weighted by molar-refractivity contribution is -0.906. The Balaban J connectivity index is 1.61. The fourth-order valence-electron chi connectivity index (χ4n) is 3.23. The Bertz CT molecular complexity index is 994. The number of morpholine rings is 1. The van der Waals surface area contributed by atoms with E-state index >= 15 is 0 Å². The van der Waals surface area contributed by atoms with Gasteiger partial charge >= 0.3 is 6.18 Å². The van der Waals surface area contributed by atoms with Crippen LogP contribution in [0.5, 0.6) is 0 Å². The highest BCUT2D eigenvalue weighted by atomic mass is 19.4. The molecule has 3 aromatic rings. The quantitative estimate of drug-likeness (QED) is 0.645. The molecule has 11 heteroatoms. The molecule has 1 aliphatic heterocycles. The van der Waals surface area contributed by atoms with Crippen LogP contribution >= 0.6 is 0 Å². The molecule has 0 atom stereocenters. The zero-order valence-corrected chi connectivity index (χ0v) is 15.3. The summed E-state index contributed by atoms with van der Waals surface area (Å²) < 4.78 is 51.7. The molecule has 0 radical (unpaired) electrons. The molecule has 0 bridgehead atoms. The molecule has 1 amide bonds. The van der Waals surface area contributed by atoms with Crippen molar-refractivity contribution >= 4 is 11.6 Å². The maximum absolute atomic E-state index is 13.5. The number of rotatable bonds is 5. The number of carbonyl (C=O) groups excluding carboxylic acids is 1. The lowest BCUT2D eigenvalue weighted by Gasteiger charge is -2.23. The van der Waals surface area contributed by atoms with E-state index in [0.717, 1.165) is 25.4 Å².